The fourth-order valence-corrected chi connectivity index (χ4v) is 3.61. The van der Waals surface area contributed by atoms with Crippen molar-refractivity contribution in [3.05, 3.63) is 78.4 Å². The average Bonchev–Trinajstić information content (AvgIpc) is 3.08. The number of anilines is 2. The van der Waals surface area contributed by atoms with Crippen molar-refractivity contribution in [2.45, 2.75) is 18.8 Å². The van der Waals surface area contributed by atoms with Crippen molar-refractivity contribution in [3.63, 3.8) is 0 Å². The molecule has 0 radical (unpaired) electrons. The van der Waals surface area contributed by atoms with Crippen molar-refractivity contribution < 1.29 is 14.3 Å². The molecule has 5 heteroatoms. The van der Waals surface area contributed by atoms with Crippen LogP contribution in [0.3, 0.4) is 0 Å². The molecule has 5 nitrogen and oxygen atoms in total. The highest BCUT2D eigenvalue weighted by atomic mass is 16.5. The summed E-state index contributed by atoms with van der Waals surface area (Å²) in [5, 5.41) is 5.78. The smallest absolute Gasteiger partial charge is 0.232 e. The fourth-order valence-electron chi connectivity index (χ4n) is 3.61. The summed E-state index contributed by atoms with van der Waals surface area (Å²) in [4.78, 5) is 24.5. The van der Waals surface area contributed by atoms with E-state index in [2.05, 4.69) is 10.6 Å². The van der Waals surface area contributed by atoms with Gasteiger partial charge in [-0.2, -0.15) is 0 Å². The second-order valence-electron chi connectivity index (χ2n) is 7.03. The lowest BCUT2D eigenvalue weighted by Crippen LogP contribution is -2.16. The SMILES string of the molecule is COc1cccc(-c2ccc(NC(=O)CCC3C(=O)Nc4ccccc43)cc2)c1. The molecule has 0 saturated carbocycles. The highest BCUT2D eigenvalue weighted by Crippen LogP contribution is 2.35. The number of hydrogen-bond acceptors (Lipinski definition) is 3. The second-order valence-corrected chi connectivity index (χ2v) is 7.03. The first kappa shape index (κ1) is 18.7. The van der Waals surface area contributed by atoms with E-state index in [4.69, 9.17) is 4.74 Å². The van der Waals surface area contributed by atoms with E-state index in [1.54, 1.807) is 7.11 Å². The van der Waals surface area contributed by atoms with Gasteiger partial charge in [-0.25, -0.2) is 0 Å². The maximum atomic E-state index is 12.4. The van der Waals surface area contributed by atoms with Gasteiger partial charge in [-0.1, -0.05) is 42.5 Å². The molecule has 1 aliphatic rings. The maximum absolute atomic E-state index is 12.4. The molecule has 2 amide bonds. The predicted molar refractivity (Wildman–Crippen MR) is 114 cm³/mol. The molecule has 2 N–H and O–H groups in total. The standard InChI is InChI=1S/C24H22N2O3/c1-29-19-6-4-5-17(15-19)16-9-11-18(12-10-16)25-23(27)14-13-21-20-7-2-3-8-22(20)26-24(21)28/h2-12,15,21H,13-14H2,1H3,(H,25,27)(H,26,28). The Labute approximate surface area is 169 Å². The van der Waals surface area contributed by atoms with Gasteiger partial charge in [0.15, 0.2) is 0 Å². The summed E-state index contributed by atoms with van der Waals surface area (Å²) < 4.78 is 5.27. The Morgan fingerprint density at radius 2 is 1.79 bits per heavy atom. The molecule has 0 aliphatic carbocycles. The van der Waals surface area contributed by atoms with Crippen LogP contribution in [0.25, 0.3) is 11.1 Å². The summed E-state index contributed by atoms with van der Waals surface area (Å²) in [5.74, 6) is 0.391. The number of amides is 2. The first-order valence-corrected chi connectivity index (χ1v) is 9.58. The Morgan fingerprint density at radius 3 is 2.59 bits per heavy atom. The van der Waals surface area contributed by atoms with E-state index in [0.717, 1.165) is 33.8 Å². The van der Waals surface area contributed by atoms with Crippen molar-refractivity contribution in [1.82, 2.24) is 0 Å². The number of nitrogens with one attached hydrogen (secondary N) is 2. The summed E-state index contributed by atoms with van der Waals surface area (Å²) in [5.41, 5.74) is 4.64. The largest absolute Gasteiger partial charge is 0.497 e. The Bertz CT molecular complexity index is 1040. The van der Waals surface area contributed by atoms with E-state index >= 15 is 0 Å². The van der Waals surface area contributed by atoms with Gasteiger partial charge in [0.05, 0.1) is 13.0 Å². The summed E-state index contributed by atoms with van der Waals surface area (Å²) in [6.45, 7) is 0. The molecule has 4 rings (SSSR count). The van der Waals surface area contributed by atoms with E-state index in [1.165, 1.54) is 0 Å². The zero-order valence-electron chi connectivity index (χ0n) is 16.1. The number of ether oxygens (including phenoxy) is 1. The van der Waals surface area contributed by atoms with Gasteiger partial charge in [0.2, 0.25) is 11.8 Å². The van der Waals surface area contributed by atoms with E-state index in [9.17, 15) is 9.59 Å². The molecule has 3 aromatic rings. The van der Waals surface area contributed by atoms with E-state index in [0.29, 0.717) is 6.42 Å². The minimum atomic E-state index is -0.271. The van der Waals surface area contributed by atoms with Crippen molar-refractivity contribution in [2.24, 2.45) is 0 Å². The molecule has 0 fully saturated rings. The summed E-state index contributed by atoms with van der Waals surface area (Å²) in [7, 11) is 1.64. The van der Waals surface area contributed by atoms with Crippen molar-refractivity contribution in [2.75, 3.05) is 17.7 Å². The number of para-hydroxylation sites is 1. The topological polar surface area (TPSA) is 67.4 Å². The molecule has 29 heavy (non-hydrogen) atoms. The molecule has 0 spiro atoms. The zero-order valence-corrected chi connectivity index (χ0v) is 16.1. The molecule has 0 saturated heterocycles. The average molecular weight is 386 g/mol. The maximum Gasteiger partial charge on any atom is 0.232 e. The van der Waals surface area contributed by atoms with Gasteiger partial charge in [0.25, 0.3) is 0 Å². The third kappa shape index (κ3) is 4.14. The van der Waals surface area contributed by atoms with Crippen LogP contribution < -0.4 is 15.4 Å². The predicted octanol–water partition coefficient (Wildman–Crippen LogP) is 4.82. The van der Waals surface area contributed by atoms with Crippen LogP contribution in [-0.2, 0) is 9.59 Å². The van der Waals surface area contributed by atoms with E-state index in [1.807, 2.05) is 72.8 Å². The number of benzene rings is 3. The Kier molecular flexibility index (Phi) is 5.29. The summed E-state index contributed by atoms with van der Waals surface area (Å²) in [6, 6.07) is 23.1. The van der Waals surface area contributed by atoms with E-state index in [-0.39, 0.29) is 24.2 Å². The number of carbonyl (C=O) groups is 2. The third-order valence-corrected chi connectivity index (χ3v) is 5.14. The minimum Gasteiger partial charge on any atom is -0.497 e. The highest BCUT2D eigenvalue weighted by Gasteiger charge is 2.30. The van der Waals surface area contributed by atoms with Gasteiger partial charge in [0.1, 0.15) is 5.75 Å². The van der Waals surface area contributed by atoms with Crippen LogP contribution in [0.2, 0.25) is 0 Å². The zero-order chi connectivity index (χ0) is 20.2. The molecule has 146 valence electrons. The molecular formula is C24H22N2O3. The number of fused-ring (bicyclic) bond motifs is 1. The highest BCUT2D eigenvalue weighted by molar-refractivity contribution is 6.03. The van der Waals surface area contributed by atoms with Crippen LogP contribution in [-0.4, -0.2) is 18.9 Å². The Balaban J connectivity index is 1.36. The first-order valence-electron chi connectivity index (χ1n) is 9.58. The normalized spacial score (nSPS) is 14.8. The molecule has 3 aromatic carbocycles. The molecule has 1 aliphatic heterocycles. The monoisotopic (exact) mass is 386 g/mol. The quantitative estimate of drug-likeness (QED) is 0.638. The lowest BCUT2D eigenvalue weighted by molar-refractivity contribution is -0.118. The fraction of sp³-hybridized carbons (Fsp3) is 0.167. The van der Waals surface area contributed by atoms with Crippen LogP contribution in [0.1, 0.15) is 24.3 Å². The first-order chi connectivity index (χ1) is 14.1. The Hall–Kier alpha value is -3.60. The molecular weight excluding hydrogens is 364 g/mol. The lowest BCUT2D eigenvalue weighted by Gasteiger charge is -2.10. The molecule has 1 heterocycles. The van der Waals surface area contributed by atoms with Gasteiger partial charge in [-0.05, 0) is 53.4 Å². The minimum absolute atomic E-state index is 0.0401. The molecule has 0 aromatic heterocycles. The van der Waals surface area contributed by atoms with E-state index < -0.39 is 0 Å². The van der Waals surface area contributed by atoms with Crippen molar-refractivity contribution >= 4 is 23.2 Å². The number of carbonyl (C=O) groups excluding carboxylic acids is 2. The second kappa shape index (κ2) is 8.19. The van der Waals surface area contributed by atoms with Crippen LogP contribution in [0.4, 0.5) is 11.4 Å². The van der Waals surface area contributed by atoms with Gasteiger partial charge >= 0.3 is 0 Å². The third-order valence-electron chi connectivity index (χ3n) is 5.14. The van der Waals surface area contributed by atoms with Gasteiger partial charge in [0, 0.05) is 17.8 Å². The van der Waals surface area contributed by atoms with Gasteiger partial charge in [-0.15, -0.1) is 0 Å². The van der Waals surface area contributed by atoms with Crippen LogP contribution in [0.5, 0.6) is 5.75 Å². The van der Waals surface area contributed by atoms with Crippen LogP contribution in [0.15, 0.2) is 72.8 Å². The van der Waals surface area contributed by atoms with Gasteiger partial charge < -0.3 is 15.4 Å². The number of hydrogen-bond donors (Lipinski definition) is 2. The van der Waals surface area contributed by atoms with Crippen LogP contribution in [0, 0.1) is 0 Å². The van der Waals surface area contributed by atoms with Crippen molar-refractivity contribution in [1.29, 1.82) is 0 Å². The number of methoxy groups -OCH3 is 1. The summed E-state index contributed by atoms with van der Waals surface area (Å²) >= 11 is 0. The molecule has 1 unspecified atom stereocenters. The lowest BCUT2D eigenvalue weighted by atomic mass is 9.95. The number of rotatable bonds is 6. The van der Waals surface area contributed by atoms with Crippen molar-refractivity contribution in [3.8, 4) is 16.9 Å². The summed E-state index contributed by atoms with van der Waals surface area (Å²) in [6.07, 6.45) is 0.765. The molecule has 1 atom stereocenters. The van der Waals surface area contributed by atoms with Crippen LogP contribution >= 0.6 is 0 Å². The Morgan fingerprint density at radius 1 is 1.00 bits per heavy atom. The van der Waals surface area contributed by atoms with Gasteiger partial charge in [-0.3, -0.25) is 9.59 Å². The molecule has 0 bridgehead atoms.